The zero-order valence-corrected chi connectivity index (χ0v) is 11.2. The fraction of sp³-hybridized carbons (Fsp3) is 0.462. The number of rotatable bonds is 8. The van der Waals surface area contributed by atoms with Crippen molar-refractivity contribution in [2.75, 3.05) is 19.0 Å². The van der Waals surface area contributed by atoms with Crippen molar-refractivity contribution in [1.29, 1.82) is 0 Å². The van der Waals surface area contributed by atoms with Gasteiger partial charge in [0.05, 0.1) is 6.61 Å². The van der Waals surface area contributed by atoms with E-state index < -0.39 is 22.0 Å². The van der Waals surface area contributed by atoms with Crippen molar-refractivity contribution in [3.8, 4) is 0 Å². The van der Waals surface area contributed by atoms with Crippen molar-refractivity contribution in [3.63, 3.8) is 0 Å². The molecule has 100 valence electrons. The first kappa shape index (κ1) is 14.9. The summed E-state index contributed by atoms with van der Waals surface area (Å²) >= 11 is 0. The molecule has 0 spiro atoms. The molecular weight excluding hydrogens is 252 g/mol. The Hall–Kier alpha value is -1.20. The standard InChI is InChI=1S/C13H18O4S/c1-2-17-8-9-18(16)12(13(14)15)10-11-6-4-3-5-7-11/h3-7,12H,2,8-10H2,1H3,(H,14,15). The van der Waals surface area contributed by atoms with Crippen molar-refractivity contribution < 1.29 is 18.8 Å². The minimum Gasteiger partial charge on any atom is -0.480 e. The lowest BCUT2D eigenvalue weighted by Gasteiger charge is -2.12. The topological polar surface area (TPSA) is 63.6 Å². The van der Waals surface area contributed by atoms with Gasteiger partial charge in [-0.25, -0.2) is 0 Å². The Kier molecular flexibility index (Phi) is 6.60. The minimum atomic E-state index is -1.41. The van der Waals surface area contributed by atoms with Gasteiger partial charge >= 0.3 is 5.97 Å². The molecule has 0 bridgehead atoms. The summed E-state index contributed by atoms with van der Waals surface area (Å²) in [7, 11) is -1.41. The van der Waals surface area contributed by atoms with Gasteiger partial charge in [0.25, 0.3) is 0 Å². The van der Waals surface area contributed by atoms with Crippen LogP contribution in [0.4, 0.5) is 0 Å². The fourth-order valence-corrected chi connectivity index (χ4v) is 2.72. The van der Waals surface area contributed by atoms with Crippen LogP contribution in [0.5, 0.6) is 0 Å². The van der Waals surface area contributed by atoms with Crippen LogP contribution in [0.1, 0.15) is 12.5 Å². The maximum absolute atomic E-state index is 11.9. The molecule has 0 aliphatic rings. The number of hydrogen-bond acceptors (Lipinski definition) is 3. The molecule has 1 rings (SSSR count). The van der Waals surface area contributed by atoms with Crippen LogP contribution in [0.3, 0.4) is 0 Å². The second-order valence-corrected chi connectivity index (χ2v) is 5.54. The maximum atomic E-state index is 11.9. The van der Waals surface area contributed by atoms with E-state index >= 15 is 0 Å². The molecule has 0 fully saturated rings. The van der Waals surface area contributed by atoms with Gasteiger partial charge in [0.1, 0.15) is 5.25 Å². The largest absolute Gasteiger partial charge is 0.480 e. The highest BCUT2D eigenvalue weighted by Crippen LogP contribution is 2.09. The Morgan fingerprint density at radius 3 is 2.61 bits per heavy atom. The SMILES string of the molecule is CCOCCS(=O)C(Cc1ccccc1)C(=O)O. The summed E-state index contributed by atoms with van der Waals surface area (Å²) in [5, 5.41) is 8.26. The zero-order chi connectivity index (χ0) is 13.4. The molecule has 4 nitrogen and oxygen atoms in total. The van der Waals surface area contributed by atoms with E-state index in [-0.39, 0.29) is 12.2 Å². The first-order chi connectivity index (χ1) is 8.65. The maximum Gasteiger partial charge on any atom is 0.319 e. The number of carboxylic acids is 1. The van der Waals surface area contributed by atoms with E-state index in [4.69, 9.17) is 9.84 Å². The average Bonchev–Trinajstić information content (AvgIpc) is 2.37. The van der Waals surface area contributed by atoms with E-state index in [1.807, 2.05) is 37.3 Å². The van der Waals surface area contributed by atoms with E-state index in [9.17, 15) is 9.00 Å². The number of ether oxygens (including phenoxy) is 1. The fourth-order valence-electron chi connectivity index (χ4n) is 1.55. The minimum absolute atomic E-state index is 0.262. The van der Waals surface area contributed by atoms with Crippen molar-refractivity contribution in [2.45, 2.75) is 18.6 Å². The smallest absolute Gasteiger partial charge is 0.319 e. The first-order valence-corrected chi connectivity index (χ1v) is 7.25. The number of carboxylic acid groups (broad SMARTS) is 1. The van der Waals surface area contributed by atoms with Crippen LogP contribution in [0.2, 0.25) is 0 Å². The first-order valence-electron chi connectivity index (χ1n) is 5.86. The third-order valence-electron chi connectivity index (χ3n) is 2.49. The van der Waals surface area contributed by atoms with Crippen molar-refractivity contribution in [3.05, 3.63) is 35.9 Å². The molecule has 2 unspecified atom stereocenters. The van der Waals surface area contributed by atoms with Gasteiger partial charge in [-0.15, -0.1) is 0 Å². The van der Waals surface area contributed by atoms with E-state index in [0.29, 0.717) is 13.2 Å². The van der Waals surface area contributed by atoms with E-state index in [2.05, 4.69) is 0 Å². The van der Waals surface area contributed by atoms with Gasteiger partial charge in [0.2, 0.25) is 0 Å². The molecule has 2 atom stereocenters. The predicted octanol–water partition coefficient (Wildman–Crippen LogP) is 1.47. The molecule has 0 aliphatic heterocycles. The molecule has 18 heavy (non-hydrogen) atoms. The van der Waals surface area contributed by atoms with Crippen LogP contribution in [0.25, 0.3) is 0 Å². The van der Waals surface area contributed by atoms with Gasteiger partial charge in [-0.3, -0.25) is 9.00 Å². The average molecular weight is 270 g/mol. The molecule has 0 saturated heterocycles. The Bertz CT molecular complexity index is 391. The number of carbonyl (C=O) groups is 1. The summed E-state index contributed by atoms with van der Waals surface area (Å²) in [6.45, 7) is 2.73. The molecule has 0 aliphatic carbocycles. The molecule has 0 saturated carbocycles. The molecule has 0 heterocycles. The van der Waals surface area contributed by atoms with E-state index in [1.54, 1.807) is 0 Å². The third-order valence-corrected chi connectivity index (χ3v) is 4.06. The highest BCUT2D eigenvalue weighted by Gasteiger charge is 2.24. The van der Waals surface area contributed by atoms with Crippen LogP contribution in [0.15, 0.2) is 30.3 Å². The molecule has 5 heteroatoms. The van der Waals surface area contributed by atoms with Crippen molar-refractivity contribution in [2.24, 2.45) is 0 Å². The van der Waals surface area contributed by atoms with Gasteiger partial charge in [0, 0.05) is 23.2 Å². The van der Waals surface area contributed by atoms with Crippen LogP contribution in [-0.2, 0) is 26.8 Å². The summed E-state index contributed by atoms with van der Waals surface area (Å²) in [4.78, 5) is 11.1. The third kappa shape index (κ3) is 4.98. The Morgan fingerprint density at radius 2 is 2.06 bits per heavy atom. The summed E-state index contributed by atoms with van der Waals surface area (Å²) in [5.41, 5.74) is 0.884. The lowest BCUT2D eigenvalue weighted by molar-refractivity contribution is -0.136. The van der Waals surface area contributed by atoms with Crippen molar-refractivity contribution >= 4 is 16.8 Å². The van der Waals surface area contributed by atoms with Gasteiger partial charge < -0.3 is 9.84 Å². The number of hydrogen-bond donors (Lipinski definition) is 1. The summed E-state index contributed by atoms with van der Waals surface area (Å²) in [6, 6.07) is 9.24. The van der Waals surface area contributed by atoms with E-state index in [1.165, 1.54) is 0 Å². The second kappa shape index (κ2) is 8.00. The van der Waals surface area contributed by atoms with Crippen LogP contribution < -0.4 is 0 Å². The normalized spacial score (nSPS) is 14.1. The lowest BCUT2D eigenvalue weighted by atomic mass is 10.1. The zero-order valence-electron chi connectivity index (χ0n) is 10.4. The number of aliphatic carboxylic acids is 1. The van der Waals surface area contributed by atoms with E-state index in [0.717, 1.165) is 5.56 Å². The highest BCUT2D eigenvalue weighted by molar-refractivity contribution is 7.86. The highest BCUT2D eigenvalue weighted by atomic mass is 32.2. The Balaban J connectivity index is 2.60. The Labute approximate surface area is 109 Å². The monoisotopic (exact) mass is 270 g/mol. The molecule has 1 aromatic rings. The molecule has 1 aromatic carbocycles. The summed E-state index contributed by atoms with van der Waals surface area (Å²) < 4.78 is 17.0. The Morgan fingerprint density at radius 1 is 1.39 bits per heavy atom. The molecule has 0 amide bonds. The second-order valence-electron chi connectivity index (χ2n) is 3.80. The molecule has 0 aromatic heterocycles. The van der Waals surface area contributed by atoms with Crippen molar-refractivity contribution in [1.82, 2.24) is 0 Å². The molecule has 1 N–H and O–H groups in total. The quantitative estimate of drug-likeness (QED) is 0.727. The van der Waals surface area contributed by atoms with Crippen LogP contribution >= 0.6 is 0 Å². The van der Waals surface area contributed by atoms with Gasteiger partial charge in [-0.2, -0.15) is 0 Å². The van der Waals surface area contributed by atoms with Crippen LogP contribution in [0, 0.1) is 0 Å². The predicted molar refractivity (Wildman–Crippen MR) is 71.1 cm³/mol. The van der Waals surface area contributed by atoms with Gasteiger partial charge in [-0.05, 0) is 18.9 Å². The summed E-state index contributed by atoms with van der Waals surface area (Å²) in [6.07, 6.45) is 0.287. The molecular formula is C13H18O4S. The van der Waals surface area contributed by atoms with Crippen LogP contribution in [-0.4, -0.2) is 39.5 Å². The number of benzene rings is 1. The van der Waals surface area contributed by atoms with Gasteiger partial charge in [-0.1, -0.05) is 30.3 Å². The van der Waals surface area contributed by atoms with Gasteiger partial charge in [0.15, 0.2) is 0 Å². The summed E-state index contributed by atoms with van der Waals surface area (Å²) in [5.74, 6) is -0.758. The lowest BCUT2D eigenvalue weighted by Crippen LogP contribution is -2.30. The molecule has 0 radical (unpaired) electrons.